The molecule has 230 valence electrons. The SMILES string of the molecule is O=C(S)CN(c1ccccc1)[C@@H]1C(=O)N2C(C(=O)O)=C(/C=C3\CCN(Cc4nc5ccccc5[nH]4)C3=O)CS[C@H]12.c1c[nH]cn1. The van der Waals surface area contributed by atoms with E-state index in [0.29, 0.717) is 47.9 Å². The molecular formula is C31H29N7O5S2. The summed E-state index contributed by atoms with van der Waals surface area (Å²) in [5, 5.41) is 9.22. The molecule has 0 spiro atoms. The van der Waals surface area contributed by atoms with E-state index < -0.39 is 28.4 Å². The maximum Gasteiger partial charge on any atom is 0.352 e. The normalized spacial score (nSPS) is 20.2. The molecule has 12 nitrogen and oxygen atoms in total. The Morgan fingerprint density at radius 3 is 2.58 bits per heavy atom. The van der Waals surface area contributed by atoms with Crippen LogP contribution >= 0.6 is 24.4 Å². The van der Waals surface area contributed by atoms with E-state index >= 15 is 0 Å². The number of hydrogen-bond donors (Lipinski definition) is 4. The number of aromatic amines is 2. The second-order valence-corrected chi connectivity index (χ2v) is 12.1. The fourth-order valence-electron chi connectivity index (χ4n) is 5.64. The van der Waals surface area contributed by atoms with Crippen molar-refractivity contribution in [3.63, 3.8) is 0 Å². The number of H-pyrrole nitrogens is 2. The number of fused-ring (bicyclic) bond motifs is 2. The first-order valence-electron chi connectivity index (χ1n) is 14.1. The molecule has 7 rings (SSSR count). The number of likely N-dealkylation sites (tertiary alicyclic amines) is 1. The molecule has 3 N–H and O–H groups in total. The number of hydrogen-bond acceptors (Lipinski definition) is 8. The fourth-order valence-corrected chi connectivity index (χ4v) is 7.17. The van der Waals surface area contributed by atoms with E-state index in [0.717, 1.165) is 11.0 Å². The van der Waals surface area contributed by atoms with Crippen LogP contribution in [0.1, 0.15) is 12.2 Å². The molecule has 0 unspecified atom stereocenters. The summed E-state index contributed by atoms with van der Waals surface area (Å²) in [5.41, 5.74) is 3.20. The molecule has 0 bridgehead atoms. The first-order chi connectivity index (χ1) is 21.8. The van der Waals surface area contributed by atoms with Gasteiger partial charge in [-0.15, -0.1) is 24.4 Å². The van der Waals surface area contributed by atoms with Gasteiger partial charge in [-0.05, 0) is 42.3 Å². The zero-order valence-electron chi connectivity index (χ0n) is 23.9. The summed E-state index contributed by atoms with van der Waals surface area (Å²) in [6, 6.07) is 16.0. The van der Waals surface area contributed by atoms with Crippen molar-refractivity contribution < 1.29 is 24.3 Å². The number of carboxylic acid groups (broad SMARTS) is 1. The molecule has 2 saturated heterocycles. The van der Waals surface area contributed by atoms with Crippen molar-refractivity contribution >= 4 is 64.0 Å². The van der Waals surface area contributed by atoms with Gasteiger partial charge in [0.05, 0.1) is 30.5 Å². The van der Waals surface area contributed by atoms with Crippen LogP contribution in [0, 0.1) is 0 Å². The van der Waals surface area contributed by atoms with Crippen LogP contribution in [0.15, 0.2) is 96.2 Å². The van der Waals surface area contributed by atoms with E-state index in [4.69, 9.17) is 0 Å². The molecule has 2 atom stereocenters. The summed E-state index contributed by atoms with van der Waals surface area (Å²) < 4.78 is 0. The Morgan fingerprint density at radius 1 is 1.13 bits per heavy atom. The number of carboxylic acids is 1. The molecule has 2 aromatic carbocycles. The van der Waals surface area contributed by atoms with Crippen molar-refractivity contribution in [2.24, 2.45) is 0 Å². The summed E-state index contributed by atoms with van der Waals surface area (Å²) in [6.45, 7) is 0.715. The van der Waals surface area contributed by atoms with E-state index in [2.05, 4.69) is 32.6 Å². The number of carbonyl (C=O) groups excluding carboxylic acids is 3. The minimum Gasteiger partial charge on any atom is -0.477 e. The lowest BCUT2D eigenvalue weighted by molar-refractivity contribution is -0.148. The minimum absolute atomic E-state index is 0.0903. The lowest BCUT2D eigenvalue weighted by atomic mass is 9.99. The molecule has 14 heteroatoms. The molecule has 2 amide bonds. The monoisotopic (exact) mass is 643 g/mol. The van der Waals surface area contributed by atoms with E-state index in [9.17, 15) is 24.3 Å². The van der Waals surface area contributed by atoms with Crippen LogP contribution in [-0.2, 0) is 25.7 Å². The summed E-state index contributed by atoms with van der Waals surface area (Å²) in [5.74, 6) is -0.833. The number of para-hydroxylation sites is 3. The Kier molecular flexibility index (Phi) is 8.76. The molecule has 4 aromatic rings. The molecular weight excluding hydrogens is 615 g/mol. The Labute approximate surface area is 267 Å². The molecule has 3 aliphatic rings. The Bertz CT molecular complexity index is 1750. The number of aliphatic carboxylic acids is 1. The number of imidazole rings is 2. The number of thiol groups is 1. The number of benzene rings is 2. The second-order valence-electron chi connectivity index (χ2n) is 10.5. The van der Waals surface area contributed by atoms with E-state index in [1.165, 1.54) is 16.7 Å². The van der Waals surface area contributed by atoms with Gasteiger partial charge in [0.1, 0.15) is 22.9 Å². The molecule has 2 aromatic heterocycles. The topological polar surface area (TPSA) is 156 Å². The molecule has 0 aliphatic carbocycles. The fraction of sp³-hybridized carbons (Fsp3) is 0.226. The van der Waals surface area contributed by atoms with Crippen LogP contribution in [0.3, 0.4) is 0 Å². The first kappa shape index (κ1) is 30.2. The Hall–Kier alpha value is -4.82. The molecule has 2 fully saturated rings. The minimum atomic E-state index is -1.23. The van der Waals surface area contributed by atoms with Gasteiger partial charge >= 0.3 is 5.97 Å². The van der Waals surface area contributed by atoms with Crippen LogP contribution in [0.2, 0.25) is 0 Å². The molecule has 3 aliphatic heterocycles. The van der Waals surface area contributed by atoms with Crippen molar-refractivity contribution in [2.75, 3.05) is 23.7 Å². The number of nitrogens with one attached hydrogen (secondary N) is 2. The number of carbonyl (C=O) groups is 4. The summed E-state index contributed by atoms with van der Waals surface area (Å²) >= 11 is 5.33. The van der Waals surface area contributed by atoms with Gasteiger partial charge in [0.2, 0.25) is 11.0 Å². The third-order valence-electron chi connectivity index (χ3n) is 7.65. The Morgan fingerprint density at radius 2 is 1.91 bits per heavy atom. The lowest BCUT2D eigenvalue weighted by Gasteiger charge is -2.53. The van der Waals surface area contributed by atoms with Crippen molar-refractivity contribution in [1.82, 2.24) is 29.7 Å². The van der Waals surface area contributed by atoms with E-state index in [1.807, 2.05) is 42.5 Å². The highest BCUT2D eigenvalue weighted by atomic mass is 32.2. The highest BCUT2D eigenvalue weighted by Gasteiger charge is 2.56. The van der Waals surface area contributed by atoms with Crippen LogP contribution in [0.5, 0.6) is 0 Å². The average Bonchev–Trinajstić information content (AvgIpc) is 3.81. The maximum atomic E-state index is 13.4. The number of rotatable bonds is 8. The van der Waals surface area contributed by atoms with Gasteiger partial charge < -0.3 is 24.9 Å². The third kappa shape index (κ3) is 6.24. The van der Waals surface area contributed by atoms with Crippen molar-refractivity contribution in [3.05, 3.63) is 102 Å². The number of anilines is 1. The molecule has 0 saturated carbocycles. The molecule has 5 heterocycles. The molecule has 0 radical (unpaired) electrons. The predicted octanol–water partition coefficient (Wildman–Crippen LogP) is 3.22. The number of amides is 2. The summed E-state index contributed by atoms with van der Waals surface area (Å²) in [7, 11) is 0. The van der Waals surface area contributed by atoms with Crippen LogP contribution in [-0.4, -0.2) is 88.0 Å². The van der Waals surface area contributed by atoms with E-state index in [1.54, 1.807) is 46.7 Å². The van der Waals surface area contributed by atoms with Crippen molar-refractivity contribution in [1.29, 1.82) is 0 Å². The zero-order valence-corrected chi connectivity index (χ0v) is 25.6. The van der Waals surface area contributed by atoms with Crippen molar-refractivity contribution in [3.8, 4) is 0 Å². The van der Waals surface area contributed by atoms with Gasteiger partial charge in [0.15, 0.2) is 0 Å². The number of thioether (sulfide) groups is 1. The highest BCUT2D eigenvalue weighted by molar-refractivity contribution is 8.00. The van der Waals surface area contributed by atoms with Crippen LogP contribution < -0.4 is 4.90 Å². The number of aromatic nitrogens is 4. The van der Waals surface area contributed by atoms with Crippen LogP contribution in [0.25, 0.3) is 11.0 Å². The van der Waals surface area contributed by atoms with Gasteiger partial charge in [-0.3, -0.25) is 19.3 Å². The van der Waals surface area contributed by atoms with E-state index in [-0.39, 0.29) is 18.1 Å². The van der Waals surface area contributed by atoms with Crippen LogP contribution in [0.4, 0.5) is 5.69 Å². The van der Waals surface area contributed by atoms with Gasteiger partial charge in [-0.1, -0.05) is 30.3 Å². The number of nitrogens with zero attached hydrogens (tertiary/aromatic N) is 5. The quantitative estimate of drug-likeness (QED) is 0.129. The molecule has 45 heavy (non-hydrogen) atoms. The summed E-state index contributed by atoms with van der Waals surface area (Å²) in [4.78, 5) is 69.8. The van der Waals surface area contributed by atoms with Gasteiger partial charge in [-0.25, -0.2) is 14.8 Å². The smallest absolute Gasteiger partial charge is 0.352 e. The van der Waals surface area contributed by atoms with Crippen molar-refractivity contribution in [2.45, 2.75) is 24.4 Å². The van der Waals surface area contributed by atoms with Gasteiger partial charge in [-0.2, -0.15) is 0 Å². The Balaban J connectivity index is 0.000000652. The lowest BCUT2D eigenvalue weighted by Crippen LogP contribution is -2.71. The van der Waals surface area contributed by atoms with Gasteiger partial charge in [0, 0.05) is 36.0 Å². The standard InChI is InChI=1S/C28H25N5O5S2.C3H4N2/c34-22(39)14-32(18-6-2-1-3-7-18)24-26(36)33-23(28(37)38)17(15-40-27(24)33)12-16-10-11-31(25(16)35)13-21-29-19-8-4-5-9-20(19)30-21;1-2-5-3-4-1/h1-9,12,24,27H,10-11,13-15H2,(H,29,30)(H,34,39)(H,37,38);1-3H,(H,4,5)/b16-12+;/t24-,27-;/m1./s1. The first-order valence-corrected chi connectivity index (χ1v) is 15.6. The third-order valence-corrected chi connectivity index (χ3v) is 9.08. The second kappa shape index (κ2) is 13.0. The predicted molar refractivity (Wildman–Crippen MR) is 172 cm³/mol. The highest BCUT2D eigenvalue weighted by Crippen LogP contribution is 2.44. The number of allylic oxidation sites excluding steroid dienone is 1. The summed E-state index contributed by atoms with van der Waals surface area (Å²) in [6.07, 6.45) is 7.17. The zero-order chi connectivity index (χ0) is 31.5. The number of β-lactam (4-membered cyclic amide) rings is 1. The average molecular weight is 644 g/mol. The van der Waals surface area contributed by atoms with Gasteiger partial charge in [0.25, 0.3) is 5.91 Å². The maximum absolute atomic E-state index is 13.4. The largest absolute Gasteiger partial charge is 0.477 e.